The Morgan fingerprint density at radius 3 is 2.55 bits per heavy atom. The maximum atomic E-state index is 12.2. The van der Waals surface area contributed by atoms with Gasteiger partial charge in [-0.2, -0.15) is 0 Å². The fraction of sp³-hybridized carbons (Fsp3) is 0.0588. The SMILES string of the molecule is C=CCNC(=O)/C(=C\c1ccco1)NC(=O)c1ccccc1. The van der Waals surface area contributed by atoms with E-state index in [4.69, 9.17) is 4.42 Å². The first kappa shape index (κ1) is 15.3. The summed E-state index contributed by atoms with van der Waals surface area (Å²) in [5, 5.41) is 5.22. The standard InChI is InChI=1S/C17H16N2O3/c1-2-10-18-17(21)15(12-14-9-6-11-22-14)19-16(20)13-7-4-3-5-8-13/h2-9,11-12H,1,10H2,(H,18,21)(H,19,20)/b15-12+. The fourth-order valence-electron chi connectivity index (χ4n) is 1.72. The van der Waals surface area contributed by atoms with E-state index in [0.717, 1.165) is 0 Å². The van der Waals surface area contributed by atoms with Crippen LogP contribution in [0, 0.1) is 0 Å². The van der Waals surface area contributed by atoms with E-state index < -0.39 is 5.91 Å². The number of carbonyl (C=O) groups excluding carboxylic acids is 2. The number of furan rings is 1. The van der Waals surface area contributed by atoms with Crippen LogP contribution >= 0.6 is 0 Å². The minimum atomic E-state index is -0.416. The maximum absolute atomic E-state index is 12.2. The first-order chi connectivity index (χ1) is 10.7. The number of amides is 2. The predicted octanol–water partition coefficient (Wildman–Crippen LogP) is 2.35. The summed E-state index contributed by atoms with van der Waals surface area (Å²) >= 11 is 0. The van der Waals surface area contributed by atoms with Crippen molar-refractivity contribution in [2.75, 3.05) is 6.54 Å². The summed E-state index contributed by atoms with van der Waals surface area (Å²) in [6.07, 6.45) is 4.52. The van der Waals surface area contributed by atoms with Crippen molar-refractivity contribution in [1.82, 2.24) is 10.6 Å². The molecule has 2 rings (SSSR count). The summed E-state index contributed by atoms with van der Waals surface area (Å²) in [4.78, 5) is 24.3. The van der Waals surface area contributed by atoms with Crippen LogP contribution in [0.4, 0.5) is 0 Å². The number of benzene rings is 1. The van der Waals surface area contributed by atoms with E-state index in [2.05, 4.69) is 17.2 Å². The van der Waals surface area contributed by atoms with Gasteiger partial charge in [0, 0.05) is 18.2 Å². The molecule has 1 aromatic carbocycles. The summed E-state index contributed by atoms with van der Waals surface area (Å²) in [5.74, 6) is -0.315. The highest BCUT2D eigenvalue weighted by atomic mass is 16.3. The summed E-state index contributed by atoms with van der Waals surface area (Å²) in [5.41, 5.74) is 0.565. The third-order valence-electron chi connectivity index (χ3n) is 2.77. The van der Waals surface area contributed by atoms with E-state index in [9.17, 15) is 9.59 Å². The second-order valence-corrected chi connectivity index (χ2v) is 4.39. The Kier molecular flexibility index (Phi) is 5.31. The molecule has 0 saturated carbocycles. The van der Waals surface area contributed by atoms with Crippen molar-refractivity contribution in [2.24, 2.45) is 0 Å². The van der Waals surface area contributed by atoms with Crippen molar-refractivity contribution in [3.8, 4) is 0 Å². The quantitative estimate of drug-likeness (QED) is 0.635. The van der Waals surface area contributed by atoms with Gasteiger partial charge < -0.3 is 15.1 Å². The molecule has 2 N–H and O–H groups in total. The van der Waals surface area contributed by atoms with Crippen LogP contribution in [-0.2, 0) is 4.79 Å². The second kappa shape index (κ2) is 7.64. The number of hydrogen-bond acceptors (Lipinski definition) is 3. The van der Waals surface area contributed by atoms with Crippen LogP contribution in [0.15, 0.2) is 71.5 Å². The average Bonchev–Trinajstić information content (AvgIpc) is 3.05. The van der Waals surface area contributed by atoms with Gasteiger partial charge in [0.2, 0.25) is 0 Å². The molecule has 22 heavy (non-hydrogen) atoms. The van der Waals surface area contributed by atoms with E-state index in [-0.39, 0.29) is 11.6 Å². The molecule has 2 aromatic rings. The van der Waals surface area contributed by atoms with Gasteiger partial charge >= 0.3 is 0 Å². The van der Waals surface area contributed by atoms with Crippen LogP contribution in [0.3, 0.4) is 0 Å². The van der Waals surface area contributed by atoms with Gasteiger partial charge in [-0.25, -0.2) is 0 Å². The molecule has 0 unspecified atom stereocenters. The molecule has 0 aliphatic carbocycles. The third kappa shape index (κ3) is 4.21. The molecule has 0 bridgehead atoms. The topological polar surface area (TPSA) is 71.3 Å². The Morgan fingerprint density at radius 2 is 1.91 bits per heavy atom. The highest BCUT2D eigenvalue weighted by molar-refractivity contribution is 6.05. The van der Waals surface area contributed by atoms with Gasteiger partial charge in [0.25, 0.3) is 11.8 Å². The number of carbonyl (C=O) groups is 2. The Hall–Kier alpha value is -3.08. The Balaban J connectivity index is 2.19. The van der Waals surface area contributed by atoms with Crippen molar-refractivity contribution < 1.29 is 14.0 Å². The van der Waals surface area contributed by atoms with Crippen LogP contribution in [0.2, 0.25) is 0 Å². The molecule has 1 aromatic heterocycles. The molecule has 0 aliphatic heterocycles. The van der Waals surface area contributed by atoms with Crippen molar-refractivity contribution in [3.63, 3.8) is 0 Å². The average molecular weight is 296 g/mol. The zero-order valence-corrected chi connectivity index (χ0v) is 11.9. The Labute approximate surface area is 128 Å². The van der Waals surface area contributed by atoms with Gasteiger partial charge in [-0.15, -0.1) is 6.58 Å². The third-order valence-corrected chi connectivity index (χ3v) is 2.77. The lowest BCUT2D eigenvalue weighted by atomic mass is 10.2. The molecular weight excluding hydrogens is 280 g/mol. The largest absolute Gasteiger partial charge is 0.465 e. The first-order valence-electron chi connectivity index (χ1n) is 6.71. The summed E-state index contributed by atoms with van der Waals surface area (Å²) in [6.45, 7) is 3.84. The predicted molar refractivity (Wildman–Crippen MR) is 83.8 cm³/mol. The van der Waals surface area contributed by atoms with Gasteiger partial charge in [-0.05, 0) is 24.3 Å². The van der Waals surface area contributed by atoms with Gasteiger partial charge in [0.1, 0.15) is 11.5 Å². The molecular formula is C17H16N2O3. The minimum absolute atomic E-state index is 0.102. The smallest absolute Gasteiger partial charge is 0.268 e. The van der Waals surface area contributed by atoms with Crippen molar-refractivity contribution in [1.29, 1.82) is 0 Å². The zero-order valence-electron chi connectivity index (χ0n) is 11.9. The van der Waals surface area contributed by atoms with Crippen molar-refractivity contribution in [2.45, 2.75) is 0 Å². The van der Waals surface area contributed by atoms with Crippen molar-refractivity contribution in [3.05, 3.63) is 78.4 Å². The van der Waals surface area contributed by atoms with Crippen LogP contribution in [0.1, 0.15) is 16.1 Å². The maximum Gasteiger partial charge on any atom is 0.268 e. The molecule has 2 amide bonds. The minimum Gasteiger partial charge on any atom is -0.465 e. The number of rotatable bonds is 6. The number of nitrogens with one attached hydrogen (secondary N) is 2. The van der Waals surface area contributed by atoms with E-state index in [1.54, 1.807) is 42.5 Å². The lowest BCUT2D eigenvalue weighted by Crippen LogP contribution is -2.34. The second-order valence-electron chi connectivity index (χ2n) is 4.39. The summed E-state index contributed by atoms with van der Waals surface area (Å²) < 4.78 is 5.18. The lowest BCUT2D eigenvalue weighted by molar-refractivity contribution is -0.117. The first-order valence-corrected chi connectivity index (χ1v) is 6.71. The number of hydrogen-bond donors (Lipinski definition) is 2. The monoisotopic (exact) mass is 296 g/mol. The summed E-state index contributed by atoms with van der Waals surface area (Å²) in [7, 11) is 0. The van der Waals surface area contributed by atoms with E-state index >= 15 is 0 Å². The van der Waals surface area contributed by atoms with Crippen LogP contribution < -0.4 is 10.6 Å². The molecule has 0 aliphatic rings. The van der Waals surface area contributed by atoms with E-state index in [0.29, 0.717) is 17.9 Å². The molecule has 5 heteroatoms. The zero-order chi connectivity index (χ0) is 15.8. The van der Waals surface area contributed by atoms with Gasteiger partial charge in [-0.1, -0.05) is 24.3 Å². The molecule has 0 radical (unpaired) electrons. The molecule has 0 fully saturated rings. The highest BCUT2D eigenvalue weighted by Gasteiger charge is 2.14. The van der Waals surface area contributed by atoms with Crippen LogP contribution in [-0.4, -0.2) is 18.4 Å². The van der Waals surface area contributed by atoms with Crippen LogP contribution in [0.25, 0.3) is 6.08 Å². The van der Waals surface area contributed by atoms with Crippen LogP contribution in [0.5, 0.6) is 0 Å². The molecule has 0 atom stereocenters. The van der Waals surface area contributed by atoms with Crippen molar-refractivity contribution >= 4 is 17.9 Å². The fourth-order valence-corrected chi connectivity index (χ4v) is 1.72. The molecule has 1 heterocycles. The van der Waals surface area contributed by atoms with E-state index in [1.807, 2.05) is 6.07 Å². The molecule has 112 valence electrons. The highest BCUT2D eigenvalue weighted by Crippen LogP contribution is 2.07. The molecule has 0 spiro atoms. The van der Waals surface area contributed by atoms with Gasteiger partial charge in [0.05, 0.1) is 6.26 Å². The van der Waals surface area contributed by atoms with Gasteiger partial charge in [-0.3, -0.25) is 9.59 Å². The Bertz CT molecular complexity index is 673. The molecule has 5 nitrogen and oxygen atoms in total. The normalized spacial score (nSPS) is 10.8. The van der Waals surface area contributed by atoms with E-state index in [1.165, 1.54) is 12.3 Å². The Morgan fingerprint density at radius 1 is 1.14 bits per heavy atom. The molecule has 0 saturated heterocycles. The summed E-state index contributed by atoms with van der Waals surface area (Å²) in [6, 6.07) is 12.0. The lowest BCUT2D eigenvalue weighted by Gasteiger charge is -2.09. The van der Waals surface area contributed by atoms with Gasteiger partial charge in [0.15, 0.2) is 0 Å².